The molecule has 0 bridgehead atoms. The van der Waals surface area contributed by atoms with Crippen LogP contribution in [0.25, 0.3) is 33.0 Å². The molecule has 0 aliphatic carbocycles. The van der Waals surface area contributed by atoms with Crippen molar-refractivity contribution < 1.29 is 13.2 Å². The molecule has 0 fully saturated rings. The highest BCUT2D eigenvalue weighted by Gasteiger charge is 2.19. The van der Waals surface area contributed by atoms with Crippen LogP contribution in [0.1, 0.15) is 13.8 Å². The minimum atomic E-state index is -3.41. The van der Waals surface area contributed by atoms with Gasteiger partial charge in [0.05, 0.1) is 24.0 Å². The molecule has 0 N–H and O–H groups in total. The van der Waals surface area contributed by atoms with Gasteiger partial charge < -0.3 is 9.30 Å². The quantitative estimate of drug-likeness (QED) is 0.444. The van der Waals surface area contributed by atoms with Gasteiger partial charge in [-0.25, -0.2) is 8.42 Å². The van der Waals surface area contributed by atoms with E-state index in [-0.39, 0.29) is 16.2 Å². The molecule has 0 aliphatic heterocycles. The molecule has 0 spiro atoms. The molecule has 0 saturated heterocycles. The second kappa shape index (κ2) is 8.27. The Bertz CT molecular complexity index is 1480. The fraction of sp³-hybridized carbons (Fsp3) is 0.250. The van der Waals surface area contributed by atoms with E-state index in [1.165, 1.54) is 4.57 Å². The molecule has 32 heavy (non-hydrogen) atoms. The van der Waals surface area contributed by atoms with Crippen molar-refractivity contribution in [1.82, 2.24) is 14.3 Å². The molecule has 2 aromatic carbocycles. The molecule has 0 unspecified atom stereocenters. The smallest absolute Gasteiger partial charge is 0.258 e. The highest BCUT2D eigenvalue weighted by atomic mass is 32.2. The molecule has 0 amide bonds. The van der Waals surface area contributed by atoms with Gasteiger partial charge in [0.2, 0.25) is 0 Å². The number of rotatable bonds is 6. The molecule has 2 heterocycles. The largest absolute Gasteiger partial charge is 0.496 e. The number of methoxy groups -OCH3 is 1. The van der Waals surface area contributed by atoms with Crippen molar-refractivity contribution >= 4 is 20.6 Å². The lowest BCUT2D eigenvalue weighted by Crippen LogP contribution is -2.16. The Kier molecular flexibility index (Phi) is 5.64. The van der Waals surface area contributed by atoms with Crippen LogP contribution in [-0.4, -0.2) is 35.6 Å². The molecule has 7 nitrogen and oxygen atoms in total. The van der Waals surface area contributed by atoms with Crippen LogP contribution in [0.3, 0.4) is 0 Å². The molecule has 166 valence electrons. The van der Waals surface area contributed by atoms with Crippen molar-refractivity contribution in [2.75, 3.05) is 12.9 Å². The monoisotopic (exact) mass is 451 g/mol. The highest BCUT2D eigenvalue weighted by Crippen LogP contribution is 2.37. The lowest BCUT2D eigenvalue weighted by atomic mass is 9.97. The Morgan fingerprint density at radius 2 is 1.75 bits per heavy atom. The molecule has 4 aromatic rings. The molecule has 0 radical (unpaired) electrons. The van der Waals surface area contributed by atoms with E-state index in [1.54, 1.807) is 57.7 Å². The van der Waals surface area contributed by atoms with Crippen molar-refractivity contribution in [2.45, 2.75) is 25.3 Å². The summed E-state index contributed by atoms with van der Waals surface area (Å²) >= 11 is 0. The summed E-state index contributed by atoms with van der Waals surface area (Å²) in [4.78, 5) is 13.1. The Hall–Kier alpha value is -3.39. The first-order chi connectivity index (χ1) is 15.3. The van der Waals surface area contributed by atoms with Crippen molar-refractivity contribution in [1.29, 1.82) is 0 Å². The minimum absolute atomic E-state index is 0.00163. The topological polar surface area (TPSA) is 83.2 Å². The molecule has 2 aromatic heterocycles. The summed E-state index contributed by atoms with van der Waals surface area (Å²) in [5.74, 6) is 0.530. The van der Waals surface area contributed by atoms with Crippen LogP contribution in [0.4, 0.5) is 0 Å². The number of nitrogens with zero attached hydrogens (tertiary/aromatic N) is 3. The van der Waals surface area contributed by atoms with Gasteiger partial charge >= 0.3 is 0 Å². The summed E-state index contributed by atoms with van der Waals surface area (Å²) in [6.07, 6.45) is 5.47. The van der Waals surface area contributed by atoms with E-state index in [1.807, 2.05) is 29.9 Å². The van der Waals surface area contributed by atoms with Gasteiger partial charge in [0.15, 0.2) is 9.84 Å². The van der Waals surface area contributed by atoms with E-state index in [9.17, 15) is 13.2 Å². The van der Waals surface area contributed by atoms with Crippen LogP contribution in [-0.2, 0) is 23.4 Å². The van der Waals surface area contributed by atoms with E-state index in [2.05, 4.69) is 5.10 Å². The fourth-order valence-corrected chi connectivity index (χ4v) is 4.71. The number of hydrogen-bond acceptors (Lipinski definition) is 5. The molecule has 0 aliphatic rings. The zero-order chi connectivity index (χ0) is 23.0. The first-order valence-electron chi connectivity index (χ1n) is 10.4. The summed E-state index contributed by atoms with van der Waals surface area (Å²) in [5, 5.41) is 5.61. The summed E-state index contributed by atoms with van der Waals surface area (Å²) in [6.45, 7) is 4.39. The molecule has 0 atom stereocenters. The van der Waals surface area contributed by atoms with Crippen LogP contribution in [0.2, 0.25) is 0 Å². The van der Waals surface area contributed by atoms with Crippen LogP contribution in [0, 0.1) is 0 Å². The molecular weight excluding hydrogens is 426 g/mol. The van der Waals surface area contributed by atoms with Crippen LogP contribution < -0.4 is 10.3 Å². The van der Waals surface area contributed by atoms with Crippen LogP contribution in [0.5, 0.6) is 5.75 Å². The Morgan fingerprint density at radius 3 is 2.41 bits per heavy atom. The highest BCUT2D eigenvalue weighted by molar-refractivity contribution is 7.91. The number of hydrogen-bond donors (Lipinski definition) is 0. The van der Waals surface area contributed by atoms with Gasteiger partial charge in [-0.2, -0.15) is 5.10 Å². The maximum absolute atomic E-state index is 12.9. The predicted molar refractivity (Wildman–Crippen MR) is 126 cm³/mol. The predicted octanol–water partition coefficient (Wildman–Crippen LogP) is 3.89. The normalized spacial score (nSPS) is 11.8. The maximum Gasteiger partial charge on any atom is 0.258 e. The van der Waals surface area contributed by atoms with Crippen molar-refractivity contribution in [2.24, 2.45) is 7.05 Å². The van der Waals surface area contributed by atoms with Gasteiger partial charge in [0.25, 0.3) is 5.56 Å². The Balaban J connectivity index is 2.04. The standard InChI is InChI=1S/C24H25N3O4S/c1-5-27-14-17(13-25-27)16-7-9-19-20(11-16)22(15-26(3)24(19)28)21-12-18(32(29,30)6-2)8-10-23(21)31-4/h7-15H,5-6H2,1-4H3. The number of aryl methyl sites for hydroxylation is 2. The van der Waals surface area contributed by atoms with Crippen molar-refractivity contribution in [3.8, 4) is 28.0 Å². The lowest BCUT2D eigenvalue weighted by Gasteiger charge is -2.15. The zero-order valence-electron chi connectivity index (χ0n) is 18.5. The number of sulfone groups is 1. The third-order valence-corrected chi connectivity index (χ3v) is 7.41. The Labute approximate surface area is 186 Å². The van der Waals surface area contributed by atoms with Gasteiger partial charge in [-0.3, -0.25) is 9.48 Å². The fourth-order valence-electron chi connectivity index (χ4n) is 3.80. The van der Waals surface area contributed by atoms with Gasteiger partial charge in [-0.1, -0.05) is 13.0 Å². The summed E-state index contributed by atoms with van der Waals surface area (Å²) in [5.41, 5.74) is 3.06. The first-order valence-corrected chi connectivity index (χ1v) is 12.0. The van der Waals surface area contributed by atoms with Crippen LogP contribution in [0.15, 0.2) is 64.7 Å². The average molecular weight is 452 g/mol. The summed E-state index contributed by atoms with van der Waals surface area (Å²) < 4.78 is 34.0. The third-order valence-electron chi connectivity index (χ3n) is 5.67. The summed E-state index contributed by atoms with van der Waals surface area (Å²) in [6, 6.07) is 10.5. The number of fused-ring (bicyclic) bond motifs is 1. The minimum Gasteiger partial charge on any atom is -0.496 e. The van der Waals surface area contributed by atoms with E-state index < -0.39 is 9.84 Å². The number of ether oxygens (including phenoxy) is 1. The van der Waals surface area contributed by atoms with Crippen LogP contribution >= 0.6 is 0 Å². The second-order valence-corrected chi connectivity index (χ2v) is 9.85. The van der Waals surface area contributed by atoms with Gasteiger partial charge in [0.1, 0.15) is 5.75 Å². The number of aromatic nitrogens is 3. The average Bonchev–Trinajstić information content (AvgIpc) is 3.30. The first kappa shape index (κ1) is 21.8. The SMILES string of the molecule is CCn1cc(-c2ccc3c(=O)n(C)cc(-c4cc(S(=O)(=O)CC)ccc4OC)c3c2)cn1. The second-order valence-electron chi connectivity index (χ2n) is 7.57. The third kappa shape index (κ3) is 3.71. The van der Waals surface area contributed by atoms with E-state index in [4.69, 9.17) is 4.74 Å². The van der Waals surface area contributed by atoms with Gasteiger partial charge in [-0.05, 0) is 48.2 Å². The molecule has 4 rings (SSSR count). The molecular formula is C24H25N3O4S. The van der Waals surface area contributed by atoms with Gasteiger partial charge in [0, 0.05) is 48.1 Å². The lowest BCUT2D eigenvalue weighted by molar-refractivity contribution is 0.416. The Morgan fingerprint density at radius 1 is 0.969 bits per heavy atom. The number of benzene rings is 2. The van der Waals surface area contributed by atoms with E-state index in [0.717, 1.165) is 28.6 Å². The zero-order valence-corrected chi connectivity index (χ0v) is 19.3. The summed E-state index contributed by atoms with van der Waals surface area (Å²) in [7, 11) is -0.184. The maximum atomic E-state index is 12.9. The van der Waals surface area contributed by atoms with Crippen molar-refractivity contribution in [3.63, 3.8) is 0 Å². The molecule has 8 heteroatoms. The van der Waals surface area contributed by atoms with E-state index in [0.29, 0.717) is 16.7 Å². The number of pyridine rings is 1. The van der Waals surface area contributed by atoms with Gasteiger partial charge in [-0.15, -0.1) is 0 Å². The molecule has 0 saturated carbocycles. The van der Waals surface area contributed by atoms with Crippen molar-refractivity contribution in [3.05, 3.63) is 65.3 Å². The van der Waals surface area contributed by atoms with E-state index >= 15 is 0 Å².